The molecule has 0 aromatic carbocycles. The monoisotopic (exact) mass is 166 g/mol. The van der Waals surface area contributed by atoms with Crippen molar-refractivity contribution in [2.24, 2.45) is 7.05 Å². The van der Waals surface area contributed by atoms with Gasteiger partial charge in [0.25, 0.3) is 0 Å². The fourth-order valence-corrected chi connectivity index (χ4v) is 1.84. The normalized spacial score (nSPS) is 11.2. The molecule has 12 heavy (non-hydrogen) atoms. The van der Waals surface area contributed by atoms with Crippen molar-refractivity contribution in [2.45, 2.75) is 40.0 Å². The van der Waals surface area contributed by atoms with Crippen molar-refractivity contribution < 1.29 is 0 Å². The second kappa shape index (κ2) is 3.30. The molecule has 0 aliphatic heterocycles. The van der Waals surface area contributed by atoms with Crippen LogP contribution in [0.5, 0.6) is 0 Å². The first-order valence-corrected chi connectivity index (χ1v) is 4.60. The van der Waals surface area contributed by atoms with E-state index in [0.717, 1.165) is 6.42 Å². The third-order valence-electron chi connectivity index (χ3n) is 2.32. The van der Waals surface area contributed by atoms with Gasteiger partial charge in [-0.25, -0.2) is 0 Å². The fourth-order valence-electron chi connectivity index (χ4n) is 1.84. The molecule has 1 aromatic rings. The van der Waals surface area contributed by atoms with E-state index in [-0.39, 0.29) is 0 Å². The topological polar surface area (TPSA) is 17.8 Å². The lowest BCUT2D eigenvalue weighted by Gasteiger charge is -2.06. The van der Waals surface area contributed by atoms with Gasteiger partial charge in [-0.15, -0.1) is 0 Å². The number of rotatable bonds is 2. The first-order chi connectivity index (χ1) is 5.57. The minimum absolute atomic E-state index is 0.572. The summed E-state index contributed by atoms with van der Waals surface area (Å²) in [6.07, 6.45) is 1.03. The molecule has 0 fully saturated rings. The molecule has 0 bridgehead atoms. The summed E-state index contributed by atoms with van der Waals surface area (Å²) in [5.74, 6) is 0.572. The van der Waals surface area contributed by atoms with Crippen LogP contribution in [-0.2, 0) is 13.5 Å². The number of hydrogen-bond acceptors (Lipinski definition) is 1. The van der Waals surface area contributed by atoms with Crippen LogP contribution >= 0.6 is 0 Å². The van der Waals surface area contributed by atoms with E-state index < -0.39 is 0 Å². The predicted octanol–water partition coefficient (Wildman–Crippen LogP) is 2.41. The van der Waals surface area contributed by atoms with Gasteiger partial charge in [0.15, 0.2) is 0 Å². The Kier molecular flexibility index (Phi) is 2.55. The fraction of sp³-hybridized carbons (Fsp3) is 0.700. The van der Waals surface area contributed by atoms with Gasteiger partial charge < -0.3 is 0 Å². The highest BCUT2D eigenvalue weighted by molar-refractivity contribution is 5.26. The number of hydrogen-bond donors (Lipinski definition) is 0. The van der Waals surface area contributed by atoms with Crippen molar-refractivity contribution >= 4 is 0 Å². The van der Waals surface area contributed by atoms with Gasteiger partial charge in [-0.3, -0.25) is 4.68 Å². The van der Waals surface area contributed by atoms with Crippen molar-refractivity contribution in [3.63, 3.8) is 0 Å². The van der Waals surface area contributed by atoms with Crippen LogP contribution in [0.1, 0.15) is 43.6 Å². The molecule has 0 amide bonds. The maximum absolute atomic E-state index is 4.47. The largest absolute Gasteiger partial charge is 0.272 e. The zero-order valence-corrected chi connectivity index (χ0v) is 8.68. The van der Waals surface area contributed by atoms with E-state index in [0.29, 0.717) is 5.92 Å². The molecule has 0 spiro atoms. The molecule has 0 radical (unpaired) electrons. The van der Waals surface area contributed by atoms with Crippen LogP contribution in [0.15, 0.2) is 0 Å². The maximum Gasteiger partial charge on any atom is 0.0653 e. The number of aryl methyl sites for hydroxylation is 2. The Morgan fingerprint density at radius 1 is 1.42 bits per heavy atom. The molecule has 0 atom stereocenters. The van der Waals surface area contributed by atoms with Gasteiger partial charge >= 0.3 is 0 Å². The van der Waals surface area contributed by atoms with E-state index in [4.69, 9.17) is 0 Å². The van der Waals surface area contributed by atoms with Crippen molar-refractivity contribution in [3.8, 4) is 0 Å². The van der Waals surface area contributed by atoms with Gasteiger partial charge in [-0.2, -0.15) is 5.10 Å². The van der Waals surface area contributed by atoms with Gasteiger partial charge in [0, 0.05) is 12.7 Å². The molecule has 1 aromatic heterocycles. The zero-order valence-electron chi connectivity index (χ0n) is 8.68. The van der Waals surface area contributed by atoms with Crippen LogP contribution < -0.4 is 0 Å². The van der Waals surface area contributed by atoms with Gasteiger partial charge in [-0.1, -0.05) is 20.8 Å². The molecule has 1 rings (SSSR count). The first kappa shape index (κ1) is 9.30. The molecule has 0 aliphatic rings. The van der Waals surface area contributed by atoms with Crippen molar-refractivity contribution in [3.05, 3.63) is 17.0 Å². The van der Waals surface area contributed by atoms with E-state index in [9.17, 15) is 0 Å². The minimum atomic E-state index is 0.572. The highest BCUT2D eigenvalue weighted by Gasteiger charge is 2.12. The summed E-state index contributed by atoms with van der Waals surface area (Å²) in [6, 6.07) is 0. The lowest BCUT2D eigenvalue weighted by atomic mass is 10.0. The summed E-state index contributed by atoms with van der Waals surface area (Å²) in [5, 5.41) is 4.47. The molecule has 0 saturated heterocycles. The second-order valence-electron chi connectivity index (χ2n) is 3.59. The molecule has 0 unspecified atom stereocenters. The summed E-state index contributed by atoms with van der Waals surface area (Å²) in [5.41, 5.74) is 3.98. The molecule has 0 aliphatic carbocycles. The van der Waals surface area contributed by atoms with Crippen LogP contribution in [0.4, 0.5) is 0 Å². The Morgan fingerprint density at radius 2 is 2.00 bits per heavy atom. The average molecular weight is 166 g/mol. The summed E-state index contributed by atoms with van der Waals surface area (Å²) in [4.78, 5) is 0. The molecule has 0 N–H and O–H groups in total. The molecule has 2 heteroatoms. The quantitative estimate of drug-likeness (QED) is 0.659. The van der Waals surface area contributed by atoms with Gasteiger partial charge in [0.05, 0.1) is 5.69 Å². The SMILES string of the molecule is CCc1nn(C)c(C(C)C)c1C. The van der Waals surface area contributed by atoms with Crippen LogP contribution in [0.25, 0.3) is 0 Å². The summed E-state index contributed by atoms with van der Waals surface area (Å²) < 4.78 is 2.01. The molecular weight excluding hydrogens is 148 g/mol. The molecule has 0 saturated carbocycles. The highest BCUT2D eigenvalue weighted by Crippen LogP contribution is 2.20. The van der Waals surface area contributed by atoms with Crippen molar-refractivity contribution in [2.75, 3.05) is 0 Å². The average Bonchev–Trinajstić information content (AvgIpc) is 2.25. The lowest BCUT2D eigenvalue weighted by Crippen LogP contribution is -2.00. The van der Waals surface area contributed by atoms with E-state index in [1.165, 1.54) is 17.0 Å². The Bertz CT molecular complexity index is 272. The summed E-state index contributed by atoms with van der Waals surface area (Å²) in [6.45, 7) is 8.74. The predicted molar refractivity (Wildman–Crippen MR) is 51.4 cm³/mol. The first-order valence-electron chi connectivity index (χ1n) is 4.60. The van der Waals surface area contributed by atoms with Gasteiger partial charge in [0.1, 0.15) is 0 Å². The number of nitrogens with zero attached hydrogens (tertiary/aromatic N) is 2. The van der Waals surface area contributed by atoms with Crippen LogP contribution in [0, 0.1) is 6.92 Å². The standard InChI is InChI=1S/C10H18N2/c1-6-9-8(4)10(7(2)3)12(5)11-9/h7H,6H2,1-5H3. The second-order valence-corrected chi connectivity index (χ2v) is 3.59. The summed E-state index contributed by atoms with van der Waals surface area (Å²) >= 11 is 0. The van der Waals surface area contributed by atoms with Crippen molar-refractivity contribution in [1.82, 2.24) is 9.78 Å². The molecule has 68 valence electrons. The Balaban J connectivity index is 3.19. The van der Waals surface area contributed by atoms with Crippen molar-refractivity contribution in [1.29, 1.82) is 0 Å². The number of aromatic nitrogens is 2. The van der Waals surface area contributed by atoms with Crippen LogP contribution in [0.3, 0.4) is 0 Å². The Morgan fingerprint density at radius 3 is 2.25 bits per heavy atom. The third kappa shape index (κ3) is 1.38. The van der Waals surface area contributed by atoms with Crippen LogP contribution in [0.2, 0.25) is 0 Å². The minimum Gasteiger partial charge on any atom is -0.272 e. The molecule has 1 heterocycles. The van der Waals surface area contributed by atoms with E-state index in [1.807, 2.05) is 11.7 Å². The molecular formula is C10H18N2. The van der Waals surface area contributed by atoms with E-state index >= 15 is 0 Å². The van der Waals surface area contributed by atoms with E-state index in [1.54, 1.807) is 0 Å². The smallest absolute Gasteiger partial charge is 0.0653 e. The third-order valence-corrected chi connectivity index (χ3v) is 2.32. The Labute approximate surface area is 74.6 Å². The van der Waals surface area contributed by atoms with Gasteiger partial charge in [-0.05, 0) is 24.8 Å². The van der Waals surface area contributed by atoms with E-state index in [2.05, 4.69) is 32.8 Å². The Hall–Kier alpha value is -0.790. The summed E-state index contributed by atoms with van der Waals surface area (Å²) in [7, 11) is 2.03. The van der Waals surface area contributed by atoms with Crippen LogP contribution in [-0.4, -0.2) is 9.78 Å². The zero-order chi connectivity index (χ0) is 9.30. The maximum atomic E-state index is 4.47. The lowest BCUT2D eigenvalue weighted by molar-refractivity contribution is 0.660. The van der Waals surface area contributed by atoms with Gasteiger partial charge in [0.2, 0.25) is 0 Å². The molecule has 2 nitrogen and oxygen atoms in total. The highest BCUT2D eigenvalue weighted by atomic mass is 15.3.